The summed E-state index contributed by atoms with van der Waals surface area (Å²) in [5.41, 5.74) is 0.495. The van der Waals surface area contributed by atoms with Gasteiger partial charge in [0.15, 0.2) is 0 Å². The Morgan fingerprint density at radius 3 is 2.64 bits per heavy atom. The lowest BCUT2D eigenvalue weighted by Gasteiger charge is -2.02. The maximum absolute atomic E-state index is 10.7. The second-order valence-corrected chi connectivity index (χ2v) is 3.46. The Balaban J connectivity index is 3.00. The van der Waals surface area contributed by atoms with E-state index in [1.54, 1.807) is 0 Å². The van der Waals surface area contributed by atoms with Crippen molar-refractivity contribution >= 4 is 33.2 Å². The van der Waals surface area contributed by atoms with E-state index in [1.165, 1.54) is 25.1 Å². The van der Waals surface area contributed by atoms with Crippen LogP contribution in [0.2, 0.25) is 0 Å². The normalized spacial score (nSPS) is 9.57. The van der Waals surface area contributed by atoms with Gasteiger partial charge in [0, 0.05) is 18.7 Å². The van der Waals surface area contributed by atoms with Crippen LogP contribution in [0.25, 0.3) is 0 Å². The quantitative estimate of drug-likeness (QED) is 0.654. The number of nitrogens with zero attached hydrogens (tertiary/aromatic N) is 1. The van der Waals surface area contributed by atoms with Crippen LogP contribution in [0, 0.1) is 10.1 Å². The highest BCUT2D eigenvalue weighted by Crippen LogP contribution is 2.27. The molecule has 0 bridgehead atoms. The van der Waals surface area contributed by atoms with Gasteiger partial charge < -0.3 is 5.32 Å². The van der Waals surface area contributed by atoms with Gasteiger partial charge in [-0.1, -0.05) is 0 Å². The van der Waals surface area contributed by atoms with Gasteiger partial charge in [0.1, 0.15) is 0 Å². The van der Waals surface area contributed by atoms with Crippen molar-refractivity contribution in [3.05, 3.63) is 32.8 Å². The number of halogens is 1. The lowest BCUT2D eigenvalue weighted by atomic mass is 10.3. The molecule has 0 saturated heterocycles. The number of hydrogen-bond donors (Lipinski definition) is 1. The Hall–Kier alpha value is -1.43. The Morgan fingerprint density at radius 1 is 1.57 bits per heavy atom. The topological polar surface area (TPSA) is 72.2 Å². The fraction of sp³-hybridized carbons (Fsp3) is 0.125. The molecule has 0 saturated carbocycles. The third-order valence-corrected chi connectivity index (χ3v) is 2.10. The van der Waals surface area contributed by atoms with Crippen molar-refractivity contribution < 1.29 is 9.72 Å². The van der Waals surface area contributed by atoms with Crippen molar-refractivity contribution in [2.75, 3.05) is 5.32 Å². The average molecular weight is 259 g/mol. The van der Waals surface area contributed by atoms with E-state index in [0.29, 0.717) is 10.2 Å². The number of carbonyl (C=O) groups is 1. The molecule has 0 spiro atoms. The van der Waals surface area contributed by atoms with Crippen molar-refractivity contribution in [1.29, 1.82) is 0 Å². The van der Waals surface area contributed by atoms with Gasteiger partial charge in [-0.15, -0.1) is 0 Å². The number of carbonyl (C=O) groups excluding carboxylic acids is 1. The SMILES string of the molecule is CC(=O)Nc1ccc([N+](=O)[O-])c(Br)c1. The monoisotopic (exact) mass is 258 g/mol. The van der Waals surface area contributed by atoms with E-state index in [1.807, 2.05) is 0 Å². The number of nitro groups is 1. The van der Waals surface area contributed by atoms with E-state index < -0.39 is 4.92 Å². The fourth-order valence-corrected chi connectivity index (χ4v) is 1.46. The van der Waals surface area contributed by atoms with E-state index in [0.717, 1.165) is 0 Å². The van der Waals surface area contributed by atoms with E-state index in [2.05, 4.69) is 21.2 Å². The van der Waals surface area contributed by atoms with Crippen molar-refractivity contribution in [1.82, 2.24) is 0 Å². The molecule has 0 heterocycles. The van der Waals surface area contributed by atoms with Crippen molar-refractivity contribution in [3.8, 4) is 0 Å². The summed E-state index contributed by atoms with van der Waals surface area (Å²) in [6, 6.07) is 4.29. The zero-order valence-electron chi connectivity index (χ0n) is 7.28. The third kappa shape index (κ3) is 2.53. The van der Waals surface area contributed by atoms with Crippen molar-refractivity contribution in [2.24, 2.45) is 0 Å². The highest BCUT2D eigenvalue weighted by Gasteiger charge is 2.11. The van der Waals surface area contributed by atoms with E-state index >= 15 is 0 Å². The van der Waals surface area contributed by atoms with Crippen LogP contribution in [0.3, 0.4) is 0 Å². The molecule has 0 aromatic heterocycles. The summed E-state index contributed by atoms with van der Waals surface area (Å²) in [6.45, 7) is 1.37. The molecule has 0 aliphatic carbocycles. The van der Waals surface area contributed by atoms with Crippen LogP contribution in [0.4, 0.5) is 11.4 Å². The molecule has 0 unspecified atom stereocenters. The van der Waals surface area contributed by atoms with Gasteiger partial charge in [-0.2, -0.15) is 0 Å². The summed E-state index contributed by atoms with van der Waals surface area (Å²) in [4.78, 5) is 20.6. The molecule has 1 aromatic rings. The first-order valence-electron chi connectivity index (χ1n) is 3.72. The predicted octanol–water partition coefficient (Wildman–Crippen LogP) is 2.32. The number of rotatable bonds is 2. The van der Waals surface area contributed by atoms with Crippen LogP contribution in [-0.2, 0) is 4.79 Å². The highest BCUT2D eigenvalue weighted by molar-refractivity contribution is 9.10. The molecule has 6 heteroatoms. The molecule has 0 fully saturated rings. The molecular formula is C8H7BrN2O3. The number of hydrogen-bond acceptors (Lipinski definition) is 3. The molecule has 0 radical (unpaired) electrons. The number of benzene rings is 1. The molecule has 5 nitrogen and oxygen atoms in total. The van der Waals surface area contributed by atoms with Gasteiger partial charge in [0.05, 0.1) is 9.40 Å². The molecule has 0 atom stereocenters. The predicted molar refractivity (Wildman–Crippen MR) is 55.1 cm³/mol. The summed E-state index contributed by atoms with van der Waals surface area (Å²) >= 11 is 3.04. The first-order valence-corrected chi connectivity index (χ1v) is 4.51. The van der Waals surface area contributed by atoms with Crippen LogP contribution in [0.1, 0.15) is 6.92 Å². The largest absolute Gasteiger partial charge is 0.326 e. The minimum atomic E-state index is -0.498. The standard InChI is InChI=1S/C8H7BrN2O3/c1-5(12)10-6-2-3-8(11(13)14)7(9)4-6/h2-4H,1H3,(H,10,12). The van der Waals surface area contributed by atoms with Crippen LogP contribution < -0.4 is 5.32 Å². The molecule has 1 rings (SSSR count). The average Bonchev–Trinajstić information content (AvgIpc) is 2.01. The number of amides is 1. The van der Waals surface area contributed by atoms with E-state index in [4.69, 9.17) is 0 Å². The second kappa shape index (κ2) is 4.19. The molecule has 1 N–H and O–H groups in total. The van der Waals surface area contributed by atoms with Gasteiger partial charge in [-0.05, 0) is 28.1 Å². The second-order valence-electron chi connectivity index (χ2n) is 2.60. The Morgan fingerprint density at radius 2 is 2.21 bits per heavy atom. The summed E-state index contributed by atoms with van der Waals surface area (Å²) in [7, 11) is 0. The number of nitro benzene ring substituents is 1. The van der Waals surface area contributed by atoms with Gasteiger partial charge >= 0.3 is 0 Å². The highest BCUT2D eigenvalue weighted by atomic mass is 79.9. The Labute approximate surface area is 88.4 Å². The summed E-state index contributed by atoms with van der Waals surface area (Å²) in [5, 5.41) is 13.0. The zero-order valence-corrected chi connectivity index (χ0v) is 8.87. The maximum Gasteiger partial charge on any atom is 0.283 e. The molecule has 74 valence electrons. The molecule has 0 aliphatic rings. The summed E-state index contributed by atoms with van der Waals surface area (Å²) in [5.74, 6) is -0.217. The van der Waals surface area contributed by atoms with Gasteiger partial charge in [-0.3, -0.25) is 14.9 Å². The van der Waals surface area contributed by atoms with Crippen molar-refractivity contribution in [2.45, 2.75) is 6.92 Å². The van der Waals surface area contributed by atoms with Crippen LogP contribution in [-0.4, -0.2) is 10.8 Å². The first-order chi connectivity index (χ1) is 6.50. The minimum absolute atomic E-state index is 0.0286. The Bertz CT molecular complexity index is 392. The maximum atomic E-state index is 10.7. The fourth-order valence-electron chi connectivity index (χ4n) is 0.936. The van der Waals surface area contributed by atoms with Gasteiger partial charge in [0.25, 0.3) is 5.69 Å². The summed E-state index contributed by atoms with van der Waals surface area (Å²) < 4.78 is 0.341. The number of anilines is 1. The molecule has 14 heavy (non-hydrogen) atoms. The summed E-state index contributed by atoms with van der Waals surface area (Å²) in [6.07, 6.45) is 0. The molecule has 0 aliphatic heterocycles. The third-order valence-electron chi connectivity index (χ3n) is 1.46. The lowest BCUT2D eigenvalue weighted by molar-refractivity contribution is -0.385. The lowest BCUT2D eigenvalue weighted by Crippen LogP contribution is -2.05. The molecule has 1 aromatic carbocycles. The molecule has 1 amide bonds. The van der Waals surface area contributed by atoms with E-state index in [9.17, 15) is 14.9 Å². The molecular weight excluding hydrogens is 252 g/mol. The Kier molecular flexibility index (Phi) is 3.19. The zero-order chi connectivity index (χ0) is 10.7. The van der Waals surface area contributed by atoms with E-state index in [-0.39, 0.29) is 11.6 Å². The van der Waals surface area contributed by atoms with Gasteiger partial charge in [-0.25, -0.2) is 0 Å². The van der Waals surface area contributed by atoms with Crippen LogP contribution in [0.5, 0.6) is 0 Å². The van der Waals surface area contributed by atoms with Crippen molar-refractivity contribution in [3.63, 3.8) is 0 Å². The minimum Gasteiger partial charge on any atom is -0.326 e. The first kappa shape index (κ1) is 10.6. The van der Waals surface area contributed by atoms with Gasteiger partial charge in [0.2, 0.25) is 5.91 Å². The number of nitrogens with one attached hydrogen (secondary N) is 1. The van der Waals surface area contributed by atoms with Crippen LogP contribution >= 0.6 is 15.9 Å². The smallest absolute Gasteiger partial charge is 0.283 e. The van der Waals surface area contributed by atoms with Crippen LogP contribution in [0.15, 0.2) is 22.7 Å².